The normalized spacial score (nSPS) is 13.9. The van der Waals surface area contributed by atoms with E-state index in [2.05, 4.69) is 65.4 Å². The maximum absolute atomic E-state index is 5.93. The van der Waals surface area contributed by atoms with Crippen LogP contribution in [0.25, 0.3) is 0 Å². The lowest BCUT2D eigenvalue weighted by Gasteiger charge is -2.47. The maximum Gasteiger partial charge on any atom is 0.0442 e. The van der Waals surface area contributed by atoms with Gasteiger partial charge in [0.05, 0.1) is 0 Å². The van der Waals surface area contributed by atoms with Crippen LogP contribution in [0.2, 0.25) is 0 Å². The molecule has 1 aromatic heterocycles. The van der Waals surface area contributed by atoms with Crippen molar-refractivity contribution in [2.24, 2.45) is 5.84 Å². The number of nitrogens with zero attached hydrogens (tertiary/aromatic N) is 1. The molecule has 0 saturated heterocycles. The summed E-state index contributed by atoms with van der Waals surface area (Å²) in [5, 5.41) is 2.14. The number of hydrazine groups is 1. The van der Waals surface area contributed by atoms with Gasteiger partial charge in [0.1, 0.15) is 0 Å². The molecule has 0 fully saturated rings. The van der Waals surface area contributed by atoms with Crippen LogP contribution in [0.1, 0.15) is 45.4 Å². The molecule has 1 atom stereocenters. The van der Waals surface area contributed by atoms with E-state index in [1.165, 1.54) is 4.88 Å². The Balaban J connectivity index is 3.01. The van der Waals surface area contributed by atoms with Gasteiger partial charge in [-0.3, -0.25) is 16.2 Å². The Labute approximate surface area is 136 Å². The van der Waals surface area contributed by atoms with E-state index in [0.717, 1.165) is 36.8 Å². The first-order valence-electron chi connectivity index (χ1n) is 7.51. The average Bonchev–Trinajstić information content (AvgIpc) is 2.88. The zero-order valence-electron chi connectivity index (χ0n) is 13.1. The lowest BCUT2D eigenvalue weighted by atomic mass is 9.81. The van der Waals surface area contributed by atoms with E-state index in [9.17, 15) is 0 Å². The van der Waals surface area contributed by atoms with Gasteiger partial charge in [0.25, 0.3) is 0 Å². The number of nitrogens with one attached hydrogen (secondary N) is 1. The SMILES string of the molecule is CCN(CC)C(CC)(CC)C(Cc1cc(Br)cs1)NN. The number of likely N-dealkylation sites (N-methyl/N-ethyl adjacent to an activating group) is 1. The van der Waals surface area contributed by atoms with Crippen molar-refractivity contribution in [1.29, 1.82) is 0 Å². The summed E-state index contributed by atoms with van der Waals surface area (Å²) in [6, 6.07) is 2.47. The molecule has 0 aliphatic rings. The van der Waals surface area contributed by atoms with E-state index in [4.69, 9.17) is 5.84 Å². The number of hydrogen-bond acceptors (Lipinski definition) is 4. The van der Waals surface area contributed by atoms with Crippen LogP contribution in [0, 0.1) is 0 Å². The van der Waals surface area contributed by atoms with Gasteiger partial charge in [0, 0.05) is 32.7 Å². The van der Waals surface area contributed by atoms with E-state index < -0.39 is 0 Å². The van der Waals surface area contributed by atoms with Gasteiger partial charge < -0.3 is 0 Å². The standard InChI is InChI=1S/C15H28BrN3S/c1-5-15(6-2,19(7-3)8-4)14(18-17)10-13-9-12(16)11-20-13/h9,11,14,18H,5-8,10,17H2,1-4H3. The molecule has 0 bridgehead atoms. The van der Waals surface area contributed by atoms with Gasteiger partial charge in [-0.2, -0.15) is 0 Å². The fraction of sp³-hybridized carbons (Fsp3) is 0.733. The first kappa shape index (κ1) is 18.1. The van der Waals surface area contributed by atoms with Crippen molar-refractivity contribution >= 4 is 27.3 Å². The van der Waals surface area contributed by atoms with Crippen molar-refractivity contribution in [3.05, 3.63) is 20.8 Å². The molecular weight excluding hydrogens is 334 g/mol. The molecule has 0 amide bonds. The minimum Gasteiger partial charge on any atom is -0.297 e. The highest BCUT2D eigenvalue weighted by atomic mass is 79.9. The summed E-state index contributed by atoms with van der Waals surface area (Å²) < 4.78 is 1.16. The van der Waals surface area contributed by atoms with E-state index >= 15 is 0 Å². The highest BCUT2D eigenvalue weighted by Crippen LogP contribution is 2.31. The third-order valence-corrected chi connectivity index (χ3v) is 6.21. The molecule has 3 N–H and O–H groups in total. The second kappa shape index (κ2) is 8.49. The summed E-state index contributed by atoms with van der Waals surface area (Å²) in [5.74, 6) is 5.93. The number of nitrogens with two attached hydrogens (primary N) is 1. The first-order valence-corrected chi connectivity index (χ1v) is 9.19. The van der Waals surface area contributed by atoms with Gasteiger partial charge in [-0.15, -0.1) is 11.3 Å². The second-order valence-corrected chi connectivity index (χ2v) is 7.05. The van der Waals surface area contributed by atoms with E-state index in [0.29, 0.717) is 0 Å². The number of halogens is 1. The third kappa shape index (κ3) is 3.83. The fourth-order valence-electron chi connectivity index (χ4n) is 3.33. The van der Waals surface area contributed by atoms with Crippen molar-refractivity contribution in [1.82, 2.24) is 10.3 Å². The summed E-state index contributed by atoms with van der Waals surface area (Å²) in [6.45, 7) is 11.1. The van der Waals surface area contributed by atoms with Gasteiger partial charge >= 0.3 is 0 Å². The molecule has 0 aromatic carbocycles. The zero-order valence-corrected chi connectivity index (χ0v) is 15.5. The smallest absolute Gasteiger partial charge is 0.0442 e. The van der Waals surface area contributed by atoms with Crippen LogP contribution in [-0.4, -0.2) is 29.6 Å². The Morgan fingerprint density at radius 1 is 1.30 bits per heavy atom. The minimum absolute atomic E-state index is 0.120. The molecule has 1 rings (SSSR count). The Hall–Kier alpha value is 0.0600. The largest absolute Gasteiger partial charge is 0.297 e. The Morgan fingerprint density at radius 3 is 2.25 bits per heavy atom. The van der Waals surface area contributed by atoms with Crippen LogP contribution in [0.5, 0.6) is 0 Å². The monoisotopic (exact) mass is 361 g/mol. The van der Waals surface area contributed by atoms with Crippen molar-refractivity contribution in [3.63, 3.8) is 0 Å². The molecule has 116 valence electrons. The minimum atomic E-state index is 0.120. The van der Waals surface area contributed by atoms with Crippen molar-refractivity contribution in [3.8, 4) is 0 Å². The summed E-state index contributed by atoms with van der Waals surface area (Å²) >= 11 is 5.33. The lowest BCUT2D eigenvalue weighted by Crippen LogP contribution is -2.63. The highest BCUT2D eigenvalue weighted by Gasteiger charge is 2.39. The van der Waals surface area contributed by atoms with Crippen molar-refractivity contribution in [2.75, 3.05) is 13.1 Å². The fourth-order valence-corrected chi connectivity index (χ4v) is 4.83. The molecule has 0 radical (unpaired) electrons. The summed E-state index contributed by atoms with van der Waals surface area (Å²) in [5.41, 5.74) is 3.22. The van der Waals surface area contributed by atoms with Gasteiger partial charge in [0.15, 0.2) is 0 Å². The molecule has 0 aliphatic carbocycles. The molecular formula is C15H28BrN3S. The first-order chi connectivity index (χ1) is 9.57. The summed E-state index contributed by atoms with van der Waals surface area (Å²) in [4.78, 5) is 3.93. The summed E-state index contributed by atoms with van der Waals surface area (Å²) in [7, 11) is 0. The molecule has 1 heterocycles. The van der Waals surface area contributed by atoms with Gasteiger partial charge in [-0.05, 0) is 47.9 Å². The Bertz CT molecular complexity index is 386. The Kier molecular flexibility index (Phi) is 7.69. The molecule has 20 heavy (non-hydrogen) atoms. The predicted octanol–water partition coefficient (Wildman–Crippen LogP) is 3.79. The van der Waals surface area contributed by atoms with Crippen LogP contribution >= 0.6 is 27.3 Å². The molecule has 0 spiro atoms. The van der Waals surface area contributed by atoms with E-state index in [-0.39, 0.29) is 11.6 Å². The van der Waals surface area contributed by atoms with Crippen LogP contribution in [0.4, 0.5) is 0 Å². The number of rotatable bonds is 9. The zero-order chi connectivity index (χ0) is 15.2. The number of thiophene rings is 1. The van der Waals surface area contributed by atoms with Crippen molar-refractivity contribution < 1.29 is 0 Å². The molecule has 1 aromatic rings. The molecule has 5 heteroatoms. The molecule has 0 saturated carbocycles. The molecule has 0 aliphatic heterocycles. The van der Waals surface area contributed by atoms with Crippen LogP contribution in [0.15, 0.2) is 15.9 Å². The lowest BCUT2D eigenvalue weighted by molar-refractivity contribution is 0.0495. The molecule has 3 nitrogen and oxygen atoms in total. The van der Waals surface area contributed by atoms with Crippen LogP contribution in [-0.2, 0) is 6.42 Å². The van der Waals surface area contributed by atoms with Gasteiger partial charge in [0.2, 0.25) is 0 Å². The van der Waals surface area contributed by atoms with Crippen molar-refractivity contribution in [2.45, 2.75) is 58.5 Å². The maximum atomic E-state index is 5.93. The highest BCUT2D eigenvalue weighted by molar-refractivity contribution is 9.10. The Morgan fingerprint density at radius 2 is 1.90 bits per heavy atom. The topological polar surface area (TPSA) is 41.3 Å². The number of hydrogen-bond donors (Lipinski definition) is 2. The predicted molar refractivity (Wildman–Crippen MR) is 93.1 cm³/mol. The van der Waals surface area contributed by atoms with Crippen LogP contribution in [0.3, 0.4) is 0 Å². The molecule has 1 unspecified atom stereocenters. The average molecular weight is 362 g/mol. The second-order valence-electron chi connectivity index (χ2n) is 5.14. The van der Waals surface area contributed by atoms with E-state index in [1.807, 2.05) is 0 Å². The van der Waals surface area contributed by atoms with E-state index in [1.54, 1.807) is 11.3 Å². The quantitative estimate of drug-likeness (QED) is 0.519. The van der Waals surface area contributed by atoms with Gasteiger partial charge in [-0.1, -0.05) is 27.7 Å². The van der Waals surface area contributed by atoms with Crippen LogP contribution < -0.4 is 11.3 Å². The van der Waals surface area contributed by atoms with Gasteiger partial charge in [-0.25, -0.2) is 0 Å². The third-order valence-electron chi connectivity index (χ3n) is 4.49. The summed E-state index contributed by atoms with van der Waals surface area (Å²) in [6.07, 6.45) is 3.18.